The van der Waals surface area contributed by atoms with Crippen molar-refractivity contribution in [2.45, 2.75) is 6.54 Å². The first kappa shape index (κ1) is 18.3. The topological polar surface area (TPSA) is 84.6 Å². The summed E-state index contributed by atoms with van der Waals surface area (Å²) in [5.41, 5.74) is 2.39. The van der Waals surface area contributed by atoms with Gasteiger partial charge in [-0.05, 0) is 42.5 Å². The van der Waals surface area contributed by atoms with Gasteiger partial charge in [-0.15, -0.1) is 11.3 Å². The Hall–Kier alpha value is -3.03. The number of phenols is 1. The Morgan fingerprint density at radius 3 is 2.68 bits per heavy atom. The molecule has 3 heterocycles. The molecule has 0 aliphatic heterocycles. The molecule has 0 saturated heterocycles. The molecule has 0 amide bonds. The highest BCUT2D eigenvalue weighted by atomic mass is 35.5. The van der Waals surface area contributed by atoms with E-state index in [2.05, 4.69) is 4.98 Å². The lowest BCUT2D eigenvalue weighted by atomic mass is 10.1. The molecule has 0 spiro atoms. The quantitative estimate of drug-likeness (QED) is 0.468. The molecular weight excluding hydrogens is 400 g/mol. The minimum Gasteiger partial charge on any atom is -0.508 e. The zero-order chi connectivity index (χ0) is 19.7. The number of pyridine rings is 1. The Labute approximate surface area is 169 Å². The fourth-order valence-electron chi connectivity index (χ4n) is 3.01. The fraction of sp³-hybridized carbons (Fsp3) is 0.100. The number of halogens is 1. The van der Waals surface area contributed by atoms with E-state index in [-0.39, 0.29) is 10.6 Å². The zero-order valence-electron chi connectivity index (χ0n) is 14.5. The third-order valence-corrected chi connectivity index (χ3v) is 5.63. The maximum Gasteiger partial charge on any atom is 0.345 e. The summed E-state index contributed by atoms with van der Waals surface area (Å²) in [6.07, 6.45) is 3.31. The van der Waals surface area contributed by atoms with Crippen LogP contribution in [0.25, 0.3) is 21.5 Å². The third-order valence-electron chi connectivity index (χ3n) is 4.26. The average molecular weight is 415 g/mol. The normalized spacial score (nSPS) is 11.0. The van der Waals surface area contributed by atoms with Crippen LogP contribution < -0.4 is 4.74 Å². The van der Waals surface area contributed by atoms with E-state index in [9.17, 15) is 15.0 Å². The van der Waals surface area contributed by atoms with Crippen LogP contribution in [0.3, 0.4) is 0 Å². The first-order valence-electron chi connectivity index (χ1n) is 8.41. The van der Waals surface area contributed by atoms with Gasteiger partial charge in [-0.3, -0.25) is 4.98 Å². The number of aromatic nitrogens is 2. The van der Waals surface area contributed by atoms with Crippen molar-refractivity contribution in [1.82, 2.24) is 9.55 Å². The van der Waals surface area contributed by atoms with E-state index in [1.807, 2.05) is 10.6 Å². The predicted molar refractivity (Wildman–Crippen MR) is 109 cm³/mol. The molecule has 4 aromatic rings. The van der Waals surface area contributed by atoms with Gasteiger partial charge in [0.1, 0.15) is 23.0 Å². The third kappa shape index (κ3) is 3.54. The van der Waals surface area contributed by atoms with Gasteiger partial charge < -0.3 is 19.5 Å². The second kappa shape index (κ2) is 7.53. The van der Waals surface area contributed by atoms with Crippen molar-refractivity contribution in [3.63, 3.8) is 0 Å². The molecule has 0 atom stereocenters. The first-order chi connectivity index (χ1) is 13.5. The highest BCUT2D eigenvalue weighted by Crippen LogP contribution is 2.37. The standard InChI is InChI=1S/C20H15ClN2O4S/c21-15-9-12(24)1-2-14(15)16-10-18-17(11-19(28-18)20(25)26)23(16)7-8-27-13-3-5-22-6-4-13/h1-6,9-11,24H,7-8H2,(H,25,26). The summed E-state index contributed by atoms with van der Waals surface area (Å²) >= 11 is 7.55. The fourth-order valence-corrected chi connectivity index (χ4v) is 4.22. The van der Waals surface area contributed by atoms with Crippen LogP contribution in [0.2, 0.25) is 5.02 Å². The molecule has 0 fully saturated rings. The number of rotatable bonds is 6. The number of nitrogens with zero attached hydrogens (tertiary/aromatic N) is 2. The number of aromatic carboxylic acids is 1. The number of aromatic hydroxyl groups is 1. The highest BCUT2D eigenvalue weighted by molar-refractivity contribution is 7.20. The molecule has 0 aliphatic rings. The van der Waals surface area contributed by atoms with Crippen molar-refractivity contribution in [1.29, 1.82) is 0 Å². The first-order valence-corrected chi connectivity index (χ1v) is 9.60. The van der Waals surface area contributed by atoms with Crippen LogP contribution in [0.4, 0.5) is 0 Å². The Bertz CT molecular complexity index is 1150. The molecule has 142 valence electrons. The summed E-state index contributed by atoms with van der Waals surface area (Å²) in [6.45, 7) is 0.878. The van der Waals surface area contributed by atoms with E-state index in [1.165, 1.54) is 17.4 Å². The highest BCUT2D eigenvalue weighted by Gasteiger charge is 2.18. The lowest BCUT2D eigenvalue weighted by Gasteiger charge is -2.13. The maximum absolute atomic E-state index is 11.3. The molecule has 0 unspecified atom stereocenters. The molecule has 0 saturated carbocycles. The smallest absolute Gasteiger partial charge is 0.345 e. The van der Waals surface area contributed by atoms with Crippen LogP contribution in [0, 0.1) is 0 Å². The number of benzene rings is 1. The summed E-state index contributed by atoms with van der Waals surface area (Å²) in [4.78, 5) is 15.6. The number of ether oxygens (including phenoxy) is 1. The van der Waals surface area contributed by atoms with Crippen LogP contribution in [0.1, 0.15) is 9.67 Å². The van der Waals surface area contributed by atoms with Gasteiger partial charge in [-0.2, -0.15) is 0 Å². The van der Waals surface area contributed by atoms with Crippen LogP contribution in [0.5, 0.6) is 11.5 Å². The van der Waals surface area contributed by atoms with Gasteiger partial charge in [-0.1, -0.05) is 11.6 Å². The lowest BCUT2D eigenvalue weighted by Crippen LogP contribution is -2.09. The Balaban J connectivity index is 1.72. The summed E-state index contributed by atoms with van der Waals surface area (Å²) in [5, 5.41) is 19.4. The van der Waals surface area contributed by atoms with E-state index < -0.39 is 5.97 Å². The molecule has 0 aliphatic carbocycles. The van der Waals surface area contributed by atoms with Crippen LogP contribution >= 0.6 is 22.9 Å². The van der Waals surface area contributed by atoms with Crippen LogP contribution in [-0.4, -0.2) is 32.3 Å². The van der Waals surface area contributed by atoms with Gasteiger partial charge in [0, 0.05) is 18.0 Å². The van der Waals surface area contributed by atoms with Gasteiger partial charge in [0.15, 0.2) is 0 Å². The predicted octanol–water partition coefficient (Wildman–Crippen LogP) is 4.90. The van der Waals surface area contributed by atoms with Crippen molar-refractivity contribution in [3.05, 3.63) is 64.8 Å². The van der Waals surface area contributed by atoms with E-state index in [4.69, 9.17) is 16.3 Å². The monoisotopic (exact) mass is 414 g/mol. The van der Waals surface area contributed by atoms with Gasteiger partial charge in [0.05, 0.1) is 27.5 Å². The van der Waals surface area contributed by atoms with E-state index in [0.29, 0.717) is 23.9 Å². The number of carboxylic acids is 1. The number of carbonyl (C=O) groups is 1. The molecule has 6 nitrogen and oxygen atoms in total. The Kier molecular flexibility index (Phi) is 4.93. The second-order valence-corrected chi connectivity index (χ2v) is 7.53. The van der Waals surface area contributed by atoms with Crippen molar-refractivity contribution < 1.29 is 19.7 Å². The van der Waals surface area contributed by atoms with E-state index >= 15 is 0 Å². The number of carboxylic acid groups (broad SMARTS) is 1. The van der Waals surface area contributed by atoms with Crippen LogP contribution in [0.15, 0.2) is 54.9 Å². The summed E-state index contributed by atoms with van der Waals surface area (Å²) in [5.74, 6) is -0.160. The molecule has 0 bridgehead atoms. The number of phenolic OH excluding ortho intramolecular Hbond substituents is 1. The van der Waals surface area contributed by atoms with Crippen molar-refractivity contribution in [2.75, 3.05) is 6.61 Å². The number of hydrogen-bond acceptors (Lipinski definition) is 5. The zero-order valence-corrected chi connectivity index (χ0v) is 16.1. The summed E-state index contributed by atoms with van der Waals surface area (Å²) in [7, 11) is 0. The molecule has 28 heavy (non-hydrogen) atoms. The largest absolute Gasteiger partial charge is 0.508 e. The summed E-state index contributed by atoms with van der Waals surface area (Å²) < 4.78 is 8.61. The Morgan fingerprint density at radius 1 is 1.18 bits per heavy atom. The van der Waals surface area contributed by atoms with Gasteiger partial charge in [-0.25, -0.2) is 4.79 Å². The Morgan fingerprint density at radius 2 is 1.96 bits per heavy atom. The molecule has 4 rings (SSSR count). The lowest BCUT2D eigenvalue weighted by molar-refractivity contribution is 0.0702. The van der Waals surface area contributed by atoms with Crippen molar-refractivity contribution in [2.24, 2.45) is 0 Å². The molecule has 2 N–H and O–H groups in total. The molecule has 3 aromatic heterocycles. The minimum atomic E-state index is -0.954. The van der Waals surface area contributed by atoms with Crippen molar-refractivity contribution in [3.8, 4) is 22.8 Å². The summed E-state index contributed by atoms with van der Waals surface area (Å²) in [6, 6.07) is 11.9. The number of fused-ring (bicyclic) bond motifs is 1. The van der Waals surface area contributed by atoms with Gasteiger partial charge >= 0.3 is 5.97 Å². The van der Waals surface area contributed by atoms with E-state index in [0.717, 1.165) is 21.5 Å². The van der Waals surface area contributed by atoms with Crippen molar-refractivity contribution >= 4 is 39.1 Å². The second-order valence-electron chi connectivity index (χ2n) is 6.04. The average Bonchev–Trinajstić information content (AvgIpc) is 3.22. The number of hydrogen-bond donors (Lipinski definition) is 2. The molecule has 8 heteroatoms. The maximum atomic E-state index is 11.3. The number of thiophene rings is 1. The SMILES string of the molecule is O=C(O)c1cc2c(cc(-c3ccc(O)cc3Cl)n2CCOc2ccncc2)s1. The molecule has 1 aromatic carbocycles. The molecular formula is C20H15ClN2O4S. The minimum absolute atomic E-state index is 0.0860. The molecule has 0 radical (unpaired) electrons. The van der Waals surface area contributed by atoms with E-state index in [1.54, 1.807) is 42.7 Å². The van der Waals surface area contributed by atoms with Crippen LogP contribution in [-0.2, 0) is 6.54 Å². The van der Waals surface area contributed by atoms with Gasteiger partial charge in [0.2, 0.25) is 0 Å². The van der Waals surface area contributed by atoms with Gasteiger partial charge in [0.25, 0.3) is 0 Å².